The lowest BCUT2D eigenvalue weighted by molar-refractivity contribution is -0.147. The normalized spacial score (nSPS) is 22.9. The molecule has 1 N–H and O–H groups in total. The molecule has 0 saturated carbocycles. The quantitative estimate of drug-likeness (QED) is 0.587. The zero-order valence-electron chi connectivity index (χ0n) is 8.36. The summed E-state index contributed by atoms with van der Waals surface area (Å²) in [5, 5.41) is 8.65. The monoisotopic (exact) mass is 235 g/mol. The maximum atomic E-state index is 13.0. The summed E-state index contributed by atoms with van der Waals surface area (Å²) in [6, 6.07) is -1.44. The molecule has 1 amide bonds. The summed E-state index contributed by atoms with van der Waals surface area (Å²) in [6.45, 7) is 2.18. The van der Waals surface area contributed by atoms with E-state index < -0.39 is 37.0 Å². The number of amides is 1. The zero-order chi connectivity index (χ0) is 12.3. The number of halogens is 2. The minimum Gasteiger partial charge on any atom is -0.465 e. The SMILES string of the molecule is C=CCOC(=O)C1CC(F)(F)CN1C(=O)O. The van der Waals surface area contributed by atoms with Crippen LogP contribution in [0.2, 0.25) is 0 Å². The van der Waals surface area contributed by atoms with Crippen LogP contribution < -0.4 is 0 Å². The van der Waals surface area contributed by atoms with Crippen LogP contribution in [0.1, 0.15) is 6.42 Å². The largest absolute Gasteiger partial charge is 0.465 e. The van der Waals surface area contributed by atoms with E-state index >= 15 is 0 Å². The number of carboxylic acid groups (broad SMARTS) is 1. The second-order valence-electron chi connectivity index (χ2n) is 3.41. The van der Waals surface area contributed by atoms with E-state index in [1.54, 1.807) is 0 Å². The van der Waals surface area contributed by atoms with Gasteiger partial charge >= 0.3 is 12.1 Å². The predicted octanol–water partition coefficient (Wildman–Crippen LogP) is 1.10. The lowest BCUT2D eigenvalue weighted by atomic mass is 10.2. The first-order chi connectivity index (χ1) is 7.37. The van der Waals surface area contributed by atoms with Crippen molar-refractivity contribution in [3.8, 4) is 0 Å². The molecule has 16 heavy (non-hydrogen) atoms. The van der Waals surface area contributed by atoms with Gasteiger partial charge in [0.2, 0.25) is 0 Å². The molecule has 1 saturated heterocycles. The molecule has 0 aromatic rings. The van der Waals surface area contributed by atoms with Gasteiger partial charge < -0.3 is 9.84 Å². The predicted molar refractivity (Wildman–Crippen MR) is 49.2 cm³/mol. The molecule has 1 aliphatic heterocycles. The molecule has 0 aromatic heterocycles. The third kappa shape index (κ3) is 2.68. The Morgan fingerprint density at radius 2 is 2.25 bits per heavy atom. The summed E-state index contributed by atoms with van der Waals surface area (Å²) in [5.41, 5.74) is 0. The van der Waals surface area contributed by atoms with Crippen LogP contribution in [0.25, 0.3) is 0 Å². The minimum atomic E-state index is -3.18. The molecule has 0 aromatic carbocycles. The van der Waals surface area contributed by atoms with E-state index in [1.807, 2.05) is 0 Å². The van der Waals surface area contributed by atoms with Gasteiger partial charge in [-0.2, -0.15) is 0 Å². The fourth-order valence-corrected chi connectivity index (χ4v) is 1.47. The van der Waals surface area contributed by atoms with Crippen LogP contribution in [0.4, 0.5) is 13.6 Å². The molecule has 5 nitrogen and oxygen atoms in total. The van der Waals surface area contributed by atoms with Crippen LogP contribution in [-0.4, -0.2) is 47.2 Å². The number of rotatable bonds is 3. The van der Waals surface area contributed by atoms with Gasteiger partial charge in [0.25, 0.3) is 5.92 Å². The van der Waals surface area contributed by atoms with Crippen LogP contribution in [0.3, 0.4) is 0 Å². The third-order valence-corrected chi connectivity index (χ3v) is 2.13. The second-order valence-corrected chi connectivity index (χ2v) is 3.41. The average molecular weight is 235 g/mol. The van der Waals surface area contributed by atoms with E-state index in [0.717, 1.165) is 0 Å². The van der Waals surface area contributed by atoms with Crippen molar-refractivity contribution in [2.75, 3.05) is 13.2 Å². The van der Waals surface area contributed by atoms with Gasteiger partial charge in [0.1, 0.15) is 12.6 Å². The Bertz CT molecular complexity index is 319. The summed E-state index contributed by atoms with van der Waals surface area (Å²) in [6.07, 6.45) is -1.12. The standard InChI is InChI=1S/C9H11F2NO4/c1-2-3-16-7(13)6-4-9(10,11)5-12(6)8(14)15/h2,6H,1,3-5H2,(H,14,15). The third-order valence-electron chi connectivity index (χ3n) is 2.13. The highest BCUT2D eigenvalue weighted by molar-refractivity contribution is 5.81. The molecule has 1 rings (SSSR count). The molecule has 0 spiro atoms. The van der Waals surface area contributed by atoms with Crippen molar-refractivity contribution < 1.29 is 28.2 Å². The van der Waals surface area contributed by atoms with Gasteiger partial charge in [-0.15, -0.1) is 0 Å². The maximum absolute atomic E-state index is 13.0. The van der Waals surface area contributed by atoms with Crippen molar-refractivity contribution in [1.82, 2.24) is 4.90 Å². The molecule has 7 heteroatoms. The van der Waals surface area contributed by atoms with E-state index in [4.69, 9.17) is 5.11 Å². The molecule has 1 aliphatic rings. The van der Waals surface area contributed by atoms with Crippen molar-refractivity contribution in [2.24, 2.45) is 0 Å². The van der Waals surface area contributed by atoms with Gasteiger partial charge in [0, 0.05) is 6.42 Å². The van der Waals surface area contributed by atoms with E-state index in [2.05, 4.69) is 11.3 Å². The van der Waals surface area contributed by atoms with Crippen molar-refractivity contribution in [2.45, 2.75) is 18.4 Å². The fourth-order valence-electron chi connectivity index (χ4n) is 1.47. The molecule has 1 unspecified atom stereocenters. The van der Waals surface area contributed by atoms with Gasteiger partial charge in [-0.25, -0.2) is 18.4 Å². The molecule has 0 aliphatic carbocycles. The summed E-state index contributed by atoms with van der Waals surface area (Å²) in [5.74, 6) is -4.16. The second kappa shape index (κ2) is 4.46. The van der Waals surface area contributed by atoms with E-state index in [-0.39, 0.29) is 6.61 Å². The van der Waals surface area contributed by atoms with Crippen molar-refractivity contribution in [3.63, 3.8) is 0 Å². The number of hydrogen-bond donors (Lipinski definition) is 1. The highest BCUT2D eigenvalue weighted by atomic mass is 19.3. The van der Waals surface area contributed by atoms with Gasteiger partial charge in [0.15, 0.2) is 0 Å². The van der Waals surface area contributed by atoms with Gasteiger partial charge in [0.05, 0.1) is 6.54 Å². The lowest BCUT2D eigenvalue weighted by Crippen LogP contribution is -2.40. The minimum absolute atomic E-state index is 0.131. The smallest absolute Gasteiger partial charge is 0.408 e. The summed E-state index contributed by atoms with van der Waals surface area (Å²) >= 11 is 0. The fraction of sp³-hybridized carbons (Fsp3) is 0.556. The summed E-state index contributed by atoms with van der Waals surface area (Å²) in [7, 11) is 0. The number of esters is 1. The number of carbonyl (C=O) groups excluding carboxylic acids is 1. The number of carbonyl (C=O) groups is 2. The van der Waals surface area contributed by atoms with Crippen LogP contribution in [0, 0.1) is 0 Å². The molecular formula is C9H11F2NO4. The van der Waals surface area contributed by atoms with E-state index in [0.29, 0.717) is 4.90 Å². The number of alkyl halides is 2. The van der Waals surface area contributed by atoms with Crippen LogP contribution >= 0.6 is 0 Å². The van der Waals surface area contributed by atoms with Crippen molar-refractivity contribution in [3.05, 3.63) is 12.7 Å². The Morgan fingerprint density at radius 1 is 1.62 bits per heavy atom. The molecule has 0 radical (unpaired) electrons. The summed E-state index contributed by atoms with van der Waals surface area (Å²) < 4.78 is 30.5. The molecule has 1 atom stereocenters. The first-order valence-electron chi connectivity index (χ1n) is 4.52. The van der Waals surface area contributed by atoms with Gasteiger partial charge in [-0.3, -0.25) is 4.90 Å². The first kappa shape index (κ1) is 12.4. The number of ether oxygens (including phenoxy) is 1. The Kier molecular flexibility index (Phi) is 3.46. The first-order valence-corrected chi connectivity index (χ1v) is 4.52. The van der Waals surface area contributed by atoms with Crippen LogP contribution in [0.5, 0.6) is 0 Å². The highest BCUT2D eigenvalue weighted by Crippen LogP contribution is 2.32. The van der Waals surface area contributed by atoms with Crippen LogP contribution in [0.15, 0.2) is 12.7 Å². The highest BCUT2D eigenvalue weighted by Gasteiger charge is 2.50. The molecule has 0 bridgehead atoms. The number of likely N-dealkylation sites (tertiary alicyclic amines) is 1. The Hall–Kier alpha value is -1.66. The van der Waals surface area contributed by atoms with Gasteiger partial charge in [-0.1, -0.05) is 12.7 Å². The maximum Gasteiger partial charge on any atom is 0.408 e. The Balaban J connectivity index is 2.73. The van der Waals surface area contributed by atoms with Crippen LogP contribution in [-0.2, 0) is 9.53 Å². The topological polar surface area (TPSA) is 66.8 Å². The molecule has 90 valence electrons. The number of hydrogen-bond acceptors (Lipinski definition) is 3. The molecular weight excluding hydrogens is 224 g/mol. The van der Waals surface area contributed by atoms with Crippen molar-refractivity contribution >= 4 is 12.1 Å². The number of nitrogens with zero attached hydrogens (tertiary/aromatic N) is 1. The van der Waals surface area contributed by atoms with Crippen molar-refractivity contribution in [1.29, 1.82) is 0 Å². The average Bonchev–Trinajstić information content (AvgIpc) is 2.51. The molecule has 1 fully saturated rings. The lowest BCUT2D eigenvalue weighted by Gasteiger charge is -2.18. The Labute approximate surface area is 90.3 Å². The van der Waals surface area contributed by atoms with E-state index in [1.165, 1.54) is 6.08 Å². The van der Waals surface area contributed by atoms with E-state index in [9.17, 15) is 18.4 Å². The summed E-state index contributed by atoms with van der Waals surface area (Å²) in [4.78, 5) is 22.3. The Morgan fingerprint density at radius 3 is 2.75 bits per heavy atom. The van der Waals surface area contributed by atoms with Gasteiger partial charge in [-0.05, 0) is 0 Å². The zero-order valence-corrected chi connectivity index (χ0v) is 8.36. The molecule has 1 heterocycles.